The number of halogens is 1. The van der Waals surface area contributed by atoms with Crippen molar-refractivity contribution in [2.24, 2.45) is 0 Å². The van der Waals surface area contributed by atoms with Crippen molar-refractivity contribution >= 4 is 28.9 Å². The molecule has 6 nitrogen and oxygen atoms in total. The predicted octanol–water partition coefficient (Wildman–Crippen LogP) is 4.75. The van der Waals surface area contributed by atoms with Crippen molar-refractivity contribution in [3.05, 3.63) is 63.6 Å². The number of hydrogen-bond acceptors (Lipinski definition) is 5. The van der Waals surface area contributed by atoms with Gasteiger partial charge in [-0.05, 0) is 35.4 Å². The zero-order valence-electron chi connectivity index (χ0n) is 17.0. The Labute approximate surface area is 187 Å². The van der Waals surface area contributed by atoms with E-state index in [0.717, 1.165) is 16.9 Å². The van der Waals surface area contributed by atoms with Gasteiger partial charge in [0.05, 0.1) is 12.8 Å². The van der Waals surface area contributed by atoms with Gasteiger partial charge < -0.3 is 19.9 Å². The molecule has 3 aromatic rings. The standard InChI is InChI=1S/C24H18FNO5S/c1-3-9-31-18-11-13(7-8-17(18)30-2)16-12-19(27)26-21-20(14-5-4-6-15(25)10-14)23(24(28)29)32-22(16)21/h1,4-8,10-11,16H,9,12H2,2H3,(H,26,27)(H,28,29)/t16-/m0/s1. The summed E-state index contributed by atoms with van der Waals surface area (Å²) in [6.45, 7) is 0.0437. The number of fused-ring (bicyclic) bond motifs is 1. The van der Waals surface area contributed by atoms with Gasteiger partial charge in [0, 0.05) is 22.8 Å². The summed E-state index contributed by atoms with van der Waals surface area (Å²) in [6, 6.07) is 10.9. The molecule has 4 rings (SSSR count). The first-order valence-electron chi connectivity index (χ1n) is 9.63. The third kappa shape index (κ3) is 3.90. The number of rotatable bonds is 6. The van der Waals surface area contributed by atoms with Crippen LogP contribution in [0.5, 0.6) is 11.5 Å². The van der Waals surface area contributed by atoms with Crippen molar-refractivity contribution in [2.45, 2.75) is 12.3 Å². The fourth-order valence-corrected chi connectivity index (χ4v) is 5.01. The number of terminal acetylenes is 1. The smallest absolute Gasteiger partial charge is 0.346 e. The summed E-state index contributed by atoms with van der Waals surface area (Å²) in [6.07, 6.45) is 5.42. The molecule has 1 amide bonds. The molecule has 8 heteroatoms. The van der Waals surface area contributed by atoms with Crippen LogP contribution in [-0.4, -0.2) is 30.7 Å². The lowest BCUT2D eigenvalue weighted by Gasteiger charge is -2.24. The van der Waals surface area contributed by atoms with Crippen LogP contribution in [0.15, 0.2) is 42.5 Å². The molecular weight excluding hydrogens is 433 g/mol. The van der Waals surface area contributed by atoms with Gasteiger partial charge >= 0.3 is 5.97 Å². The number of ether oxygens (including phenoxy) is 2. The Hall–Kier alpha value is -3.83. The number of carbonyl (C=O) groups is 2. The molecule has 1 aromatic heterocycles. The highest BCUT2D eigenvalue weighted by molar-refractivity contribution is 7.15. The highest BCUT2D eigenvalue weighted by atomic mass is 32.1. The van der Waals surface area contributed by atoms with Crippen molar-refractivity contribution < 1.29 is 28.6 Å². The van der Waals surface area contributed by atoms with Gasteiger partial charge in [0.25, 0.3) is 0 Å². The highest BCUT2D eigenvalue weighted by Crippen LogP contribution is 2.50. The SMILES string of the molecule is C#CCOc1cc([C@@H]2CC(=O)Nc3c2sc(C(=O)O)c3-c2cccc(F)c2)ccc1OC. The van der Waals surface area contributed by atoms with Gasteiger partial charge in [0.1, 0.15) is 17.3 Å². The predicted molar refractivity (Wildman–Crippen MR) is 119 cm³/mol. The molecule has 0 unspecified atom stereocenters. The molecule has 1 aliphatic heterocycles. The van der Waals surface area contributed by atoms with Gasteiger partial charge in [-0.3, -0.25) is 4.79 Å². The summed E-state index contributed by atoms with van der Waals surface area (Å²) >= 11 is 1.07. The number of carboxylic acids is 1. The minimum atomic E-state index is -1.15. The normalized spacial score (nSPS) is 14.8. The lowest BCUT2D eigenvalue weighted by molar-refractivity contribution is -0.116. The summed E-state index contributed by atoms with van der Waals surface area (Å²) in [5.74, 6) is 0.988. The van der Waals surface area contributed by atoms with Gasteiger partial charge in [-0.15, -0.1) is 17.8 Å². The van der Waals surface area contributed by atoms with E-state index in [1.54, 1.807) is 24.3 Å². The number of aromatic carboxylic acids is 1. The second-order valence-electron chi connectivity index (χ2n) is 7.07. The number of anilines is 1. The molecular formula is C24H18FNO5S. The van der Waals surface area contributed by atoms with Gasteiger partial charge in [0.15, 0.2) is 11.5 Å². The number of carboxylic acid groups (broad SMARTS) is 1. The zero-order valence-corrected chi connectivity index (χ0v) is 17.8. The maximum absolute atomic E-state index is 13.9. The minimum Gasteiger partial charge on any atom is -0.493 e. The van der Waals surface area contributed by atoms with Crippen LogP contribution in [0.25, 0.3) is 11.1 Å². The largest absolute Gasteiger partial charge is 0.493 e. The Balaban J connectivity index is 1.88. The number of methoxy groups -OCH3 is 1. The average Bonchev–Trinajstić information content (AvgIpc) is 3.16. The van der Waals surface area contributed by atoms with Crippen LogP contribution in [0, 0.1) is 18.2 Å². The summed E-state index contributed by atoms with van der Waals surface area (Å²) in [5, 5.41) is 12.6. The lowest BCUT2D eigenvalue weighted by atomic mass is 9.88. The molecule has 0 fully saturated rings. The number of carbonyl (C=O) groups excluding carboxylic acids is 1. The fraction of sp³-hybridized carbons (Fsp3) is 0.167. The molecule has 0 bridgehead atoms. The Morgan fingerprint density at radius 1 is 1.31 bits per heavy atom. The number of thiophene rings is 1. The van der Waals surface area contributed by atoms with Crippen molar-refractivity contribution in [1.82, 2.24) is 0 Å². The lowest BCUT2D eigenvalue weighted by Crippen LogP contribution is -2.22. The molecule has 32 heavy (non-hydrogen) atoms. The van der Waals surface area contributed by atoms with Crippen molar-refractivity contribution in [2.75, 3.05) is 19.0 Å². The zero-order chi connectivity index (χ0) is 22.8. The first-order valence-corrected chi connectivity index (χ1v) is 10.4. The van der Waals surface area contributed by atoms with E-state index in [1.165, 1.54) is 25.3 Å². The Morgan fingerprint density at radius 3 is 2.81 bits per heavy atom. The van der Waals surface area contributed by atoms with Crippen molar-refractivity contribution in [3.8, 4) is 35.0 Å². The molecule has 1 atom stereocenters. The molecule has 162 valence electrons. The van der Waals surface area contributed by atoms with Gasteiger partial charge in [-0.1, -0.05) is 24.1 Å². The maximum Gasteiger partial charge on any atom is 0.346 e. The Kier molecular flexibility index (Phi) is 5.84. The molecule has 0 aliphatic carbocycles. The number of nitrogens with one attached hydrogen (secondary N) is 1. The first kappa shape index (κ1) is 21.4. The first-order chi connectivity index (χ1) is 15.4. The Bertz CT molecular complexity index is 1260. The number of hydrogen-bond donors (Lipinski definition) is 2. The van der Waals surface area contributed by atoms with E-state index in [4.69, 9.17) is 15.9 Å². The van der Waals surface area contributed by atoms with E-state index in [0.29, 0.717) is 33.2 Å². The second-order valence-corrected chi connectivity index (χ2v) is 8.12. The summed E-state index contributed by atoms with van der Waals surface area (Å²) < 4.78 is 24.8. The topological polar surface area (TPSA) is 84.9 Å². The van der Waals surface area contributed by atoms with Gasteiger partial charge in [0.2, 0.25) is 5.91 Å². The fourth-order valence-electron chi connectivity index (χ4n) is 3.77. The van der Waals surface area contributed by atoms with Gasteiger partial charge in [-0.25, -0.2) is 9.18 Å². The number of amides is 1. The third-order valence-corrected chi connectivity index (χ3v) is 6.41. The Morgan fingerprint density at radius 2 is 2.12 bits per heavy atom. The van der Waals surface area contributed by atoms with Crippen LogP contribution in [-0.2, 0) is 4.79 Å². The van der Waals surface area contributed by atoms with Crippen molar-refractivity contribution in [3.63, 3.8) is 0 Å². The van der Waals surface area contributed by atoms with E-state index in [-0.39, 0.29) is 23.8 Å². The molecule has 0 radical (unpaired) electrons. The quantitative estimate of drug-likeness (QED) is 0.529. The van der Waals surface area contributed by atoms with Crippen LogP contribution in [0.3, 0.4) is 0 Å². The molecule has 2 heterocycles. The summed E-state index contributed by atoms with van der Waals surface area (Å²) in [4.78, 5) is 25.3. The summed E-state index contributed by atoms with van der Waals surface area (Å²) in [7, 11) is 1.51. The van der Waals surface area contributed by atoms with E-state index in [2.05, 4.69) is 11.2 Å². The van der Waals surface area contributed by atoms with E-state index in [1.807, 2.05) is 0 Å². The molecule has 2 aromatic carbocycles. The average molecular weight is 451 g/mol. The maximum atomic E-state index is 13.9. The number of benzene rings is 2. The molecule has 2 N–H and O–H groups in total. The van der Waals surface area contributed by atoms with Crippen molar-refractivity contribution in [1.29, 1.82) is 0 Å². The van der Waals surface area contributed by atoms with Crippen LogP contribution in [0.4, 0.5) is 10.1 Å². The van der Waals surface area contributed by atoms with Gasteiger partial charge in [-0.2, -0.15) is 0 Å². The van der Waals surface area contributed by atoms with Crippen LogP contribution < -0.4 is 14.8 Å². The van der Waals surface area contributed by atoms with E-state index < -0.39 is 17.7 Å². The van der Waals surface area contributed by atoms with E-state index >= 15 is 0 Å². The monoisotopic (exact) mass is 451 g/mol. The van der Waals surface area contributed by atoms with Crippen LogP contribution in [0.1, 0.15) is 32.5 Å². The summed E-state index contributed by atoms with van der Waals surface area (Å²) in [5.41, 5.74) is 1.82. The second kappa shape index (κ2) is 8.73. The molecule has 0 spiro atoms. The minimum absolute atomic E-state index is 0.0325. The van der Waals surface area contributed by atoms with Crippen LogP contribution >= 0.6 is 11.3 Å². The third-order valence-electron chi connectivity index (χ3n) is 5.11. The highest BCUT2D eigenvalue weighted by Gasteiger charge is 2.35. The van der Waals surface area contributed by atoms with Crippen LogP contribution in [0.2, 0.25) is 0 Å². The van der Waals surface area contributed by atoms with E-state index in [9.17, 15) is 19.1 Å². The molecule has 0 saturated carbocycles. The molecule has 1 aliphatic rings. The molecule has 0 saturated heterocycles.